The van der Waals surface area contributed by atoms with E-state index in [9.17, 15) is 4.79 Å². The van der Waals surface area contributed by atoms with Crippen molar-refractivity contribution in [3.8, 4) is 0 Å². The molecular formula is C13H20N2O2. The molecule has 4 nitrogen and oxygen atoms in total. The van der Waals surface area contributed by atoms with Gasteiger partial charge < -0.3 is 15.7 Å². The van der Waals surface area contributed by atoms with E-state index in [1.54, 1.807) is 6.07 Å². The van der Waals surface area contributed by atoms with Crippen LogP contribution in [0.25, 0.3) is 0 Å². The normalized spacial score (nSPS) is 10.0. The average Bonchev–Trinajstić information content (AvgIpc) is 2.36. The van der Waals surface area contributed by atoms with Gasteiger partial charge in [-0.2, -0.15) is 0 Å². The van der Waals surface area contributed by atoms with Gasteiger partial charge in [0.2, 0.25) is 0 Å². The van der Waals surface area contributed by atoms with Crippen LogP contribution in [0.15, 0.2) is 24.3 Å². The topological polar surface area (TPSA) is 61.4 Å². The monoisotopic (exact) mass is 236 g/mol. The molecule has 0 atom stereocenters. The lowest BCUT2D eigenvalue weighted by atomic mass is 10.2. The van der Waals surface area contributed by atoms with E-state index < -0.39 is 0 Å². The van der Waals surface area contributed by atoms with Gasteiger partial charge in [-0.25, -0.2) is 0 Å². The van der Waals surface area contributed by atoms with Crippen molar-refractivity contribution in [3.63, 3.8) is 0 Å². The van der Waals surface area contributed by atoms with Crippen LogP contribution in [-0.2, 0) is 0 Å². The average molecular weight is 236 g/mol. The second-order valence-electron chi connectivity index (χ2n) is 3.84. The molecular weight excluding hydrogens is 216 g/mol. The van der Waals surface area contributed by atoms with Gasteiger partial charge in [0.1, 0.15) is 0 Å². The van der Waals surface area contributed by atoms with Gasteiger partial charge in [-0.05, 0) is 24.6 Å². The van der Waals surface area contributed by atoms with Crippen LogP contribution in [0.1, 0.15) is 30.1 Å². The van der Waals surface area contributed by atoms with Crippen LogP contribution in [0.5, 0.6) is 0 Å². The van der Waals surface area contributed by atoms with Gasteiger partial charge in [-0.3, -0.25) is 4.79 Å². The lowest BCUT2D eigenvalue weighted by Gasteiger charge is -2.08. The Balaban J connectivity index is 2.55. The second kappa shape index (κ2) is 7.68. The van der Waals surface area contributed by atoms with Gasteiger partial charge in [0.15, 0.2) is 0 Å². The minimum absolute atomic E-state index is 0.0415. The second-order valence-corrected chi connectivity index (χ2v) is 3.84. The third kappa shape index (κ3) is 4.87. The molecule has 0 saturated carbocycles. The summed E-state index contributed by atoms with van der Waals surface area (Å²) >= 11 is 0. The summed E-state index contributed by atoms with van der Waals surface area (Å²) in [6.07, 6.45) is 2.25. The number of aliphatic hydroxyl groups is 1. The Kier molecular flexibility index (Phi) is 6.10. The van der Waals surface area contributed by atoms with Crippen LogP contribution < -0.4 is 10.6 Å². The van der Waals surface area contributed by atoms with Gasteiger partial charge in [-0.1, -0.05) is 19.4 Å². The quantitative estimate of drug-likeness (QED) is 0.630. The summed E-state index contributed by atoms with van der Waals surface area (Å²) in [5.74, 6) is -0.154. The molecule has 3 N–H and O–H groups in total. The van der Waals surface area contributed by atoms with E-state index in [0.717, 1.165) is 25.1 Å². The molecule has 0 radical (unpaired) electrons. The molecule has 0 saturated heterocycles. The van der Waals surface area contributed by atoms with Crippen LogP contribution in [0.4, 0.5) is 5.69 Å². The van der Waals surface area contributed by atoms with Gasteiger partial charge in [-0.15, -0.1) is 0 Å². The van der Waals surface area contributed by atoms with Crippen LogP contribution in [-0.4, -0.2) is 30.7 Å². The number of aliphatic hydroxyl groups excluding tert-OH is 1. The molecule has 17 heavy (non-hydrogen) atoms. The predicted molar refractivity (Wildman–Crippen MR) is 69.3 cm³/mol. The highest BCUT2D eigenvalue weighted by atomic mass is 16.3. The largest absolute Gasteiger partial charge is 0.395 e. The van der Waals surface area contributed by atoms with Gasteiger partial charge in [0.05, 0.1) is 6.61 Å². The first-order chi connectivity index (χ1) is 8.27. The molecule has 0 heterocycles. The first-order valence-electron chi connectivity index (χ1n) is 6.01. The summed E-state index contributed by atoms with van der Waals surface area (Å²) in [6.45, 7) is 3.30. The maximum atomic E-state index is 11.6. The molecule has 0 aliphatic carbocycles. The van der Waals surface area contributed by atoms with Crippen molar-refractivity contribution in [2.45, 2.75) is 19.8 Å². The Morgan fingerprint density at radius 1 is 1.35 bits per heavy atom. The maximum Gasteiger partial charge on any atom is 0.251 e. The van der Waals surface area contributed by atoms with Crippen molar-refractivity contribution >= 4 is 11.6 Å². The predicted octanol–water partition coefficient (Wildman–Crippen LogP) is 1.62. The first-order valence-corrected chi connectivity index (χ1v) is 6.01. The number of carbonyl (C=O) groups excluding carboxylic acids is 1. The third-order valence-corrected chi connectivity index (χ3v) is 2.38. The third-order valence-electron chi connectivity index (χ3n) is 2.38. The van der Waals surface area contributed by atoms with E-state index in [1.165, 1.54) is 0 Å². The fraction of sp³-hybridized carbons (Fsp3) is 0.462. The van der Waals surface area contributed by atoms with Crippen molar-refractivity contribution in [1.29, 1.82) is 0 Å². The summed E-state index contributed by atoms with van der Waals surface area (Å²) in [6, 6.07) is 7.38. The smallest absolute Gasteiger partial charge is 0.251 e. The Hall–Kier alpha value is -1.55. The number of hydrogen-bond donors (Lipinski definition) is 3. The summed E-state index contributed by atoms with van der Waals surface area (Å²) in [5, 5.41) is 14.5. The Bertz CT molecular complexity index is 353. The van der Waals surface area contributed by atoms with Crippen LogP contribution in [0.3, 0.4) is 0 Å². The van der Waals surface area contributed by atoms with E-state index in [2.05, 4.69) is 17.6 Å². The van der Waals surface area contributed by atoms with Crippen LogP contribution in [0.2, 0.25) is 0 Å². The van der Waals surface area contributed by atoms with Crippen LogP contribution in [0, 0.1) is 0 Å². The van der Waals surface area contributed by atoms with E-state index >= 15 is 0 Å². The number of nitrogens with one attached hydrogen (secondary N) is 2. The zero-order chi connectivity index (χ0) is 12.5. The number of rotatable bonds is 7. The lowest BCUT2D eigenvalue weighted by Crippen LogP contribution is -2.26. The lowest BCUT2D eigenvalue weighted by molar-refractivity contribution is 0.0945. The Morgan fingerprint density at radius 3 is 2.88 bits per heavy atom. The number of hydrogen-bond acceptors (Lipinski definition) is 3. The standard InChI is InChI=1S/C13H20N2O2/c1-2-3-7-14-12-6-4-5-11(10-12)13(17)15-8-9-16/h4-6,10,14,16H,2-3,7-9H2,1H3,(H,15,17). The highest BCUT2D eigenvalue weighted by Crippen LogP contribution is 2.10. The molecule has 0 aliphatic rings. The van der Waals surface area contributed by atoms with E-state index in [-0.39, 0.29) is 19.1 Å². The molecule has 4 heteroatoms. The van der Waals surface area contributed by atoms with Crippen LogP contribution >= 0.6 is 0 Å². The van der Waals surface area contributed by atoms with Gasteiger partial charge in [0, 0.05) is 24.3 Å². The fourth-order valence-electron chi connectivity index (χ4n) is 1.45. The number of benzene rings is 1. The van der Waals surface area contributed by atoms with E-state index in [0.29, 0.717) is 5.56 Å². The first kappa shape index (κ1) is 13.5. The van der Waals surface area contributed by atoms with E-state index in [1.807, 2.05) is 18.2 Å². The molecule has 94 valence electrons. The summed E-state index contributed by atoms with van der Waals surface area (Å²) in [7, 11) is 0. The zero-order valence-corrected chi connectivity index (χ0v) is 10.2. The Morgan fingerprint density at radius 2 is 2.18 bits per heavy atom. The van der Waals surface area contributed by atoms with Crippen molar-refractivity contribution in [1.82, 2.24) is 5.32 Å². The molecule has 0 aromatic heterocycles. The summed E-state index contributed by atoms with van der Waals surface area (Å²) in [4.78, 5) is 11.6. The summed E-state index contributed by atoms with van der Waals surface area (Å²) < 4.78 is 0. The molecule has 1 aromatic carbocycles. The van der Waals surface area contributed by atoms with Crippen molar-refractivity contribution in [2.75, 3.05) is 25.0 Å². The van der Waals surface area contributed by atoms with Gasteiger partial charge >= 0.3 is 0 Å². The van der Waals surface area contributed by atoms with Crippen molar-refractivity contribution in [2.24, 2.45) is 0 Å². The van der Waals surface area contributed by atoms with Crippen molar-refractivity contribution in [3.05, 3.63) is 29.8 Å². The SMILES string of the molecule is CCCCNc1cccc(C(=O)NCCO)c1. The molecule has 1 aromatic rings. The molecule has 1 amide bonds. The highest BCUT2D eigenvalue weighted by Gasteiger charge is 2.04. The minimum Gasteiger partial charge on any atom is -0.395 e. The number of amides is 1. The van der Waals surface area contributed by atoms with Crippen molar-refractivity contribution < 1.29 is 9.90 Å². The van der Waals surface area contributed by atoms with Gasteiger partial charge in [0.25, 0.3) is 5.91 Å². The molecule has 0 bridgehead atoms. The maximum absolute atomic E-state index is 11.6. The molecule has 0 aliphatic heterocycles. The van der Waals surface area contributed by atoms with E-state index in [4.69, 9.17) is 5.11 Å². The number of carbonyl (C=O) groups is 1. The Labute approximate surface area is 102 Å². The zero-order valence-electron chi connectivity index (χ0n) is 10.2. The number of anilines is 1. The molecule has 1 rings (SSSR count). The summed E-state index contributed by atoms with van der Waals surface area (Å²) in [5.41, 5.74) is 1.56. The minimum atomic E-state index is -0.154. The molecule has 0 spiro atoms. The molecule has 0 fully saturated rings. The molecule has 0 unspecified atom stereocenters. The fourth-order valence-corrected chi connectivity index (χ4v) is 1.45. The highest BCUT2D eigenvalue weighted by molar-refractivity contribution is 5.95. The number of unbranched alkanes of at least 4 members (excludes halogenated alkanes) is 1.